The summed E-state index contributed by atoms with van der Waals surface area (Å²) in [6, 6.07) is 17.1. The molecule has 4 aromatic rings. The van der Waals surface area contributed by atoms with Crippen molar-refractivity contribution in [1.82, 2.24) is 4.57 Å². The zero-order chi connectivity index (χ0) is 21.4. The van der Waals surface area contributed by atoms with Crippen LogP contribution in [0.3, 0.4) is 0 Å². The molecule has 5 rings (SSSR count). The molecule has 0 radical (unpaired) electrons. The maximum absolute atomic E-state index is 13.0. The summed E-state index contributed by atoms with van der Waals surface area (Å²) in [6.07, 6.45) is 0.161. The fourth-order valence-corrected chi connectivity index (χ4v) is 4.60. The Balaban J connectivity index is 1.60. The quantitative estimate of drug-likeness (QED) is 0.456. The molecular formula is C23H18N2O5S. The Hall–Kier alpha value is -3.65. The molecule has 3 aromatic carbocycles. The van der Waals surface area contributed by atoms with Gasteiger partial charge in [-0.3, -0.25) is 9.59 Å². The third kappa shape index (κ3) is 3.66. The Kier molecular flexibility index (Phi) is 4.91. The van der Waals surface area contributed by atoms with Gasteiger partial charge in [-0.2, -0.15) is 4.99 Å². The number of aryl methyl sites for hydroxylation is 1. The summed E-state index contributed by atoms with van der Waals surface area (Å²) in [5.41, 5.74) is 1.33. The molecule has 1 aromatic heterocycles. The molecule has 0 atom stereocenters. The summed E-state index contributed by atoms with van der Waals surface area (Å²) in [5, 5.41) is 2.03. The van der Waals surface area contributed by atoms with Crippen molar-refractivity contribution in [3.63, 3.8) is 0 Å². The SMILES string of the molecule is COC(=O)CCn1c(=NC(=O)c2ccc3ccccc3c2)sc2cc3c(cc21)OCO3. The predicted octanol–water partition coefficient (Wildman–Crippen LogP) is 3.89. The number of methoxy groups -OCH3 is 1. The highest BCUT2D eigenvalue weighted by Crippen LogP contribution is 2.37. The average molecular weight is 434 g/mol. The van der Waals surface area contributed by atoms with Gasteiger partial charge in [0.25, 0.3) is 5.91 Å². The second-order valence-corrected chi connectivity index (χ2v) is 8.02. The first kappa shape index (κ1) is 19.3. The molecule has 0 fully saturated rings. The Morgan fingerprint density at radius 2 is 1.84 bits per heavy atom. The third-order valence-electron chi connectivity index (χ3n) is 5.14. The third-order valence-corrected chi connectivity index (χ3v) is 6.18. The van der Waals surface area contributed by atoms with Gasteiger partial charge < -0.3 is 18.8 Å². The summed E-state index contributed by atoms with van der Waals surface area (Å²) in [5.74, 6) is 0.606. The first-order valence-corrected chi connectivity index (χ1v) is 10.5. The number of hydrogen-bond acceptors (Lipinski definition) is 6. The zero-order valence-corrected chi connectivity index (χ0v) is 17.5. The van der Waals surface area contributed by atoms with E-state index < -0.39 is 0 Å². The van der Waals surface area contributed by atoms with Crippen molar-refractivity contribution in [2.24, 2.45) is 4.99 Å². The number of ether oxygens (including phenoxy) is 3. The van der Waals surface area contributed by atoms with Crippen molar-refractivity contribution in [1.29, 1.82) is 0 Å². The monoisotopic (exact) mass is 434 g/mol. The minimum absolute atomic E-state index is 0.161. The number of fused-ring (bicyclic) bond motifs is 3. The van der Waals surface area contributed by atoms with Crippen LogP contribution in [0.4, 0.5) is 0 Å². The molecule has 0 N–H and O–H groups in total. The summed E-state index contributed by atoms with van der Waals surface area (Å²) in [4.78, 5) is 29.6. The molecule has 0 aliphatic carbocycles. The zero-order valence-electron chi connectivity index (χ0n) is 16.7. The van der Waals surface area contributed by atoms with Crippen LogP contribution >= 0.6 is 11.3 Å². The van der Waals surface area contributed by atoms with Gasteiger partial charge in [0, 0.05) is 24.2 Å². The molecule has 0 saturated heterocycles. The maximum atomic E-state index is 13.0. The molecule has 0 spiro atoms. The van der Waals surface area contributed by atoms with E-state index in [1.165, 1.54) is 18.4 Å². The number of aromatic nitrogens is 1. The lowest BCUT2D eigenvalue weighted by Crippen LogP contribution is -2.19. The molecule has 156 valence electrons. The van der Waals surface area contributed by atoms with Crippen molar-refractivity contribution in [3.05, 3.63) is 65.0 Å². The van der Waals surface area contributed by atoms with E-state index in [-0.39, 0.29) is 25.1 Å². The highest BCUT2D eigenvalue weighted by atomic mass is 32.1. The molecule has 1 aliphatic heterocycles. The number of carbonyl (C=O) groups is 2. The Morgan fingerprint density at radius 1 is 1.06 bits per heavy atom. The fourth-order valence-electron chi connectivity index (χ4n) is 3.54. The van der Waals surface area contributed by atoms with Crippen LogP contribution in [0.25, 0.3) is 21.0 Å². The second-order valence-electron chi connectivity index (χ2n) is 7.01. The van der Waals surface area contributed by atoms with Crippen molar-refractivity contribution >= 4 is 44.2 Å². The van der Waals surface area contributed by atoms with Crippen LogP contribution in [0.1, 0.15) is 16.8 Å². The lowest BCUT2D eigenvalue weighted by atomic mass is 10.1. The normalized spacial score (nSPS) is 13.1. The van der Waals surface area contributed by atoms with Gasteiger partial charge in [-0.05, 0) is 22.9 Å². The van der Waals surface area contributed by atoms with E-state index in [1.807, 2.05) is 53.1 Å². The van der Waals surface area contributed by atoms with Crippen molar-refractivity contribution in [2.45, 2.75) is 13.0 Å². The van der Waals surface area contributed by atoms with E-state index in [9.17, 15) is 9.59 Å². The molecule has 0 bridgehead atoms. The summed E-state index contributed by atoms with van der Waals surface area (Å²) < 4.78 is 18.5. The number of thiazole rings is 1. The molecule has 0 unspecified atom stereocenters. The van der Waals surface area contributed by atoms with Gasteiger partial charge >= 0.3 is 5.97 Å². The van der Waals surface area contributed by atoms with Crippen LogP contribution in [-0.4, -0.2) is 30.3 Å². The van der Waals surface area contributed by atoms with Crippen molar-refractivity contribution in [3.8, 4) is 11.5 Å². The topological polar surface area (TPSA) is 79.1 Å². The van der Waals surface area contributed by atoms with E-state index in [2.05, 4.69) is 4.99 Å². The predicted molar refractivity (Wildman–Crippen MR) is 116 cm³/mol. The Bertz CT molecular complexity index is 1400. The lowest BCUT2D eigenvalue weighted by molar-refractivity contribution is -0.140. The number of esters is 1. The van der Waals surface area contributed by atoms with Crippen LogP contribution in [0.15, 0.2) is 59.6 Å². The largest absolute Gasteiger partial charge is 0.469 e. The van der Waals surface area contributed by atoms with Crippen molar-refractivity contribution < 1.29 is 23.8 Å². The van der Waals surface area contributed by atoms with Crippen molar-refractivity contribution in [2.75, 3.05) is 13.9 Å². The highest BCUT2D eigenvalue weighted by molar-refractivity contribution is 7.16. The number of nitrogens with zero attached hydrogens (tertiary/aromatic N) is 2. The number of amides is 1. The lowest BCUT2D eigenvalue weighted by Gasteiger charge is -2.05. The second kappa shape index (κ2) is 7.88. The number of carbonyl (C=O) groups excluding carboxylic acids is 2. The Morgan fingerprint density at radius 3 is 2.65 bits per heavy atom. The van der Waals surface area contributed by atoms with Crippen LogP contribution in [-0.2, 0) is 16.1 Å². The molecule has 31 heavy (non-hydrogen) atoms. The Labute approximate surface area is 181 Å². The number of rotatable bonds is 4. The van der Waals surface area contributed by atoms with Gasteiger partial charge in [0.05, 0.1) is 23.7 Å². The van der Waals surface area contributed by atoms with Gasteiger partial charge in [0.2, 0.25) is 6.79 Å². The average Bonchev–Trinajstić information content (AvgIpc) is 3.38. The van der Waals surface area contributed by atoms with Gasteiger partial charge in [-0.15, -0.1) is 0 Å². The molecule has 8 heteroatoms. The first-order valence-electron chi connectivity index (χ1n) is 9.70. The molecule has 0 saturated carbocycles. The number of hydrogen-bond donors (Lipinski definition) is 0. The molecule has 1 amide bonds. The minimum atomic E-state index is -0.343. The summed E-state index contributed by atoms with van der Waals surface area (Å²) in [6.45, 7) is 0.503. The van der Waals surface area contributed by atoms with E-state index >= 15 is 0 Å². The van der Waals surface area contributed by atoms with Gasteiger partial charge in [0.1, 0.15) is 0 Å². The van der Waals surface area contributed by atoms with Gasteiger partial charge in [0.15, 0.2) is 16.3 Å². The molecule has 2 heterocycles. The molecular weight excluding hydrogens is 416 g/mol. The first-order chi connectivity index (χ1) is 15.1. The highest BCUT2D eigenvalue weighted by Gasteiger charge is 2.18. The summed E-state index contributed by atoms with van der Waals surface area (Å²) >= 11 is 1.36. The number of benzene rings is 3. The standard InChI is InChI=1S/C23H18N2O5S/c1-28-21(26)8-9-25-17-11-18-19(30-13-29-18)12-20(17)31-23(25)24-22(27)16-7-6-14-4-2-3-5-15(14)10-16/h2-7,10-12H,8-9,13H2,1H3. The molecule has 7 nitrogen and oxygen atoms in total. The maximum Gasteiger partial charge on any atom is 0.307 e. The van der Waals surface area contributed by atoms with E-state index in [1.54, 1.807) is 6.07 Å². The minimum Gasteiger partial charge on any atom is -0.469 e. The van der Waals surface area contributed by atoms with Gasteiger partial charge in [-0.1, -0.05) is 41.7 Å². The van der Waals surface area contributed by atoms with E-state index in [0.717, 1.165) is 21.0 Å². The van der Waals surface area contributed by atoms with E-state index in [0.29, 0.717) is 28.4 Å². The van der Waals surface area contributed by atoms with E-state index in [4.69, 9.17) is 14.2 Å². The smallest absolute Gasteiger partial charge is 0.307 e. The van der Waals surface area contributed by atoms with Crippen LogP contribution < -0.4 is 14.3 Å². The fraction of sp³-hybridized carbons (Fsp3) is 0.174. The van der Waals surface area contributed by atoms with Gasteiger partial charge in [-0.25, -0.2) is 0 Å². The van der Waals surface area contributed by atoms with Crippen LogP contribution in [0, 0.1) is 0 Å². The van der Waals surface area contributed by atoms with Crippen LogP contribution in [0.2, 0.25) is 0 Å². The van der Waals surface area contributed by atoms with Crippen LogP contribution in [0.5, 0.6) is 11.5 Å². The summed E-state index contributed by atoms with van der Waals surface area (Å²) in [7, 11) is 1.35. The molecule has 1 aliphatic rings.